The molecule has 108 valence electrons. The van der Waals surface area contributed by atoms with Crippen LogP contribution in [0.2, 0.25) is 0 Å². The number of oxime groups is 1. The van der Waals surface area contributed by atoms with Crippen LogP contribution in [0.15, 0.2) is 23.4 Å². The van der Waals surface area contributed by atoms with Crippen molar-refractivity contribution in [1.82, 2.24) is 4.90 Å². The molecule has 1 amide bonds. The molecule has 0 fully saturated rings. The average Bonchev–Trinajstić information content (AvgIpc) is 2.85. The first-order chi connectivity index (χ1) is 9.52. The van der Waals surface area contributed by atoms with Crippen LogP contribution in [0.3, 0.4) is 0 Å². The van der Waals surface area contributed by atoms with Gasteiger partial charge in [-0.1, -0.05) is 5.16 Å². The van der Waals surface area contributed by atoms with Gasteiger partial charge in [-0.05, 0) is 26.0 Å². The molecule has 0 saturated carbocycles. The molecule has 1 N–H and O–H groups in total. The Labute approximate surface area is 117 Å². The molecule has 0 bridgehead atoms. The maximum Gasteiger partial charge on any atom is 0.260 e. The van der Waals surface area contributed by atoms with E-state index in [4.69, 9.17) is 14.7 Å². The first kappa shape index (κ1) is 14.2. The molecule has 6 heteroatoms. The number of rotatable bonds is 4. The Morgan fingerprint density at radius 1 is 1.55 bits per heavy atom. The van der Waals surface area contributed by atoms with Crippen LogP contribution < -0.4 is 9.47 Å². The van der Waals surface area contributed by atoms with Crippen LogP contribution in [-0.2, 0) is 4.79 Å². The van der Waals surface area contributed by atoms with Gasteiger partial charge in [0, 0.05) is 24.7 Å². The van der Waals surface area contributed by atoms with Gasteiger partial charge in [0.15, 0.2) is 6.61 Å². The van der Waals surface area contributed by atoms with Crippen LogP contribution in [0.4, 0.5) is 0 Å². The lowest BCUT2D eigenvalue weighted by Crippen LogP contribution is -2.36. The second-order valence-corrected chi connectivity index (χ2v) is 4.88. The fourth-order valence-electron chi connectivity index (χ4n) is 1.79. The third kappa shape index (κ3) is 2.84. The molecule has 0 saturated heterocycles. The fourth-order valence-corrected chi connectivity index (χ4v) is 1.79. The van der Waals surface area contributed by atoms with Gasteiger partial charge < -0.3 is 19.6 Å². The minimum absolute atomic E-state index is 0.0194. The van der Waals surface area contributed by atoms with E-state index in [0.717, 1.165) is 5.56 Å². The zero-order chi connectivity index (χ0) is 14.7. The smallest absolute Gasteiger partial charge is 0.260 e. The molecular formula is C14H18N2O4. The number of carbonyl (C=O) groups is 1. The van der Waals surface area contributed by atoms with Gasteiger partial charge in [-0.25, -0.2) is 0 Å². The monoisotopic (exact) mass is 278 g/mol. The minimum atomic E-state index is -0.0842. The van der Waals surface area contributed by atoms with Crippen molar-refractivity contribution in [2.75, 3.05) is 20.3 Å². The average molecular weight is 278 g/mol. The van der Waals surface area contributed by atoms with E-state index in [-0.39, 0.29) is 25.2 Å². The summed E-state index contributed by atoms with van der Waals surface area (Å²) in [5.74, 6) is 1.06. The fraction of sp³-hybridized carbons (Fsp3) is 0.429. The van der Waals surface area contributed by atoms with Crippen LogP contribution in [0.1, 0.15) is 19.4 Å². The lowest BCUT2D eigenvalue weighted by Gasteiger charge is -2.21. The SMILES string of the molecule is CC(C)N(C)C(=O)COc1ccc2c(c1)OCC2=NO. The van der Waals surface area contributed by atoms with Crippen LogP contribution >= 0.6 is 0 Å². The van der Waals surface area contributed by atoms with E-state index in [1.54, 1.807) is 30.1 Å². The molecule has 0 spiro atoms. The quantitative estimate of drug-likeness (QED) is 0.669. The van der Waals surface area contributed by atoms with Crippen molar-refractivity contribution in [3.8, 4) is 11.5 Å². The summed E-state index contributed by atoms with van der Waals surface area (Å²) in [6, 6.07) is 5.30. The number of amides is 1. The van der Waals surface area contributed by atoms with Crippen LogP contribution in [0.5, 0.6) is 11.5 Å². The number of hydrogen-bond acceptors (Lipinski definition) is 5. The van der Waals surface area contributed by atoms with E-state index in [1.807, 2.05) is 13.8 Å². The summed E-state index contributed by atoms with van der Waals surface area (Å²) in [5, 5.41) is 12.0. The lowest BCUT2D eigenvalue weighted by atomic mass is 10.1. The highest BCUT2D eigenvalue weighted by atomic mass is 16.5. The molecular weight excluding hydrogens is 260 g/mol. The topological polar surface area (TPSA) is 71.4 Å². The summed E-state index contributed by atoms with van der Waals surface area (Å²) < 4.78 is 10.8. The molecule has 0 atom stereocenters. The zero-order valence-electron chi connectivity index (χ0n) is 11.8. The Balaban J connectivity index is 2.01. The number of carbonyl (C=O) groups excluding carboxylic acids is 1. The number of fused-ring (bicyclic) bond motifs is 1. The highest BCUT2D eigenvalue weighted by Crippen LogP contribution is 2.29. The molecule has 0 radical (unpaired) electrons. The van der Waals surface area contributed by atoms with Crippen molar-refractivity contribution < 1.29 is 19.5 Å². The van der Waals surface area contributed by atoms with E-state index in [1.165, 1.54) is 0 Å². The summed E-state index contributed by atoms with van der Waals surface area (Å²) in [6.45, 7) is 4.10. The van der Waals surface area contributed by atoms with Gasteiger partial charge >= 0.3 is 0 Å². The van der Waals surface area contributed by atoms with Crippen molar-refractivity contribution in [3.05, 3.63) is 23.8 Å². The largest absolute Gasteiger partial charge is 0.486 e. The number of hydrogen-bond donors (Lipinski definition) is 1. The number of ether oxygens (including phenoxy) is 2. The van der Waals surface area contributed by atoms with Crippen molar-refractivity contribution in [2.45, 2.75) is 19.9 Å². The molecule has 6 nitrogen and oxygen atoms in total. The van der Waals surface area contributed by atoms with Crippen LogP contribution in [-0.4, -0.2) is 48.0 Å². The second kappa shape index (κ2) is 5.81. The first-order valence-electron chi connectivity index (χ1n) is 6.39. The Bertz CT molecular complexity index is 540. The molecule has 1 heterocycles. The van der Waals surface area contributed by atoms with Crippen LogP contribution in [0.25, 0.3) is 0 Å². The van der Waals surface area contributed by atoms with Gasteiger partial charge in [-0.3, -0.25) is 4.79 Å². The van der Waals surface area contributed by atoms with Gasteiger partial charge in [-0.15, -0.1) is 0 Å². The predicted molar refractivity (Wildman–Crippen MR) is 73.7 cm³/mol. The van der Waals surface area contributed by atoms with Crippen molar-refractivity contribution in [2.24, 2.45) is 5.16 Å². The molecule has 1 aromatic rings. The standard InChI is InChI=1S/C14H18N2O4/c1-9(2)16(3)14(17)8-19-10-4-5-11-12(15-18)7-20-13(11)6-10/h4-6,9,18H,7-8H2,1-3H3. The van der Waals surface area contributed by atoms with Crippen molar-refractivity contribution in [3.63, 3.8) is 0 Å². The molecule has 20 heavy (non-hydrogen) atoms. The summed E-state index contributed by atoms with van der Waals surface area (Å²) in [6.07, 6.45) is 0. The zero-order valence-corrected chi connectivity index (χ0v) is 11.8. The van der Waals surface area contributed by atoms with E-state index in [0.29, 0.717) is 17.2 Å². The molecule has 0 unspecified atom stereocenters. The second-order valence-electron chi connectivity index (χ2n) is 4.88. The number of likely N-dealkylation sites (N-methyl/N-ethyl adjacent to an activating group) is 1. The summed E-state index contributed by atoms with van der Waals surface area (Å²) in [7, 11) is 1.74. The Morgan fingerprint density at radius 2 is 2.30 bits per heavy atom. The molecule has 2 rings (SSSR count). The third-order valence-electron chi connectivity index (χ3n) is 3.28. The maximum absolute atomic E-state index is 11.8. The normalized spacial score (nSPS) is 15.1. The summed E-state index contributed by atoms with van der Waals surface area (Å²) >= 11 is 0. The number of benzene rings is 1. The Hall–Kier alpha value is -2.24. The lowest BCUT2D eigenvalue weighted by molar-refractivity contribution is -0.133. The van der Waals surface area contributed by atoms with Gasteiger partial charge in [0.05, 0.1) is 0 Å². The maximum atomic E-state index is 11.8. The highest BCUT2D eigenvalue weighted by Gasteiger charge is 2.20. The van der Waals surface area contributed by atoms with Crippen molar-refractivity contribution >= 4 is 11.6 Å². The van der Waals surface area contributed by atoms with Crippen LogP contribution in [0, 0.1) is 0 Å². The summed E-state index contributed by atoms with van der Waals surface area (Å²) in [4.78, 5) is 13.4. The van der Waals surface area contributed by atoms with E-state index >= 15 is 0 Å². The van der Waals surface area contributed by atoms with Gasteiger partial charge in [-0.2, -0.15) is 0 Å². The predicted octanol–water partition coefficient (Wildman–Crippen LogP) is 1.50. The Morgan fingerprint density at radius 3 is 2.95 bits per heavy atom. The molecule has 1 aliphatic heterocycles. The van der Waals surface area contributed by atoms with Crippen molar-refractivity contribution in [1.29, 1.82) is 0 Å². The first-order valence-corrected chi connectivity index (χ1v) is 6.39. The van der Waals surface area contributed by atoms with Gasteiger partial charge in [0.1, 0.15) is 23.8 Å². The third-order valence-corrected chi connectivity index (χ3v) is 3.28. The molecule has 1 aromatic carbocycles. The van der Waals surface area contributed by atoms with E-state index in [2.05, 4.69) is 5.16 Å². The van der Waals surface area contributed by atoms with E-state index in [9.17, 15) is 4.79 Å². The summed E-state index contributed by atoms with van der Waals surface area (Å²) in [5.41, 5.74) is 1.23. The van der Waals surface area contributed by atoms with E-state index < -0.39 is 0 Å². The minimum Gasteiger partial charge on any atom is -0.486 e. The highest BCUT2D eigenvalue weighted by molar-refractivity contribution is 6.06. The van der Waals surface area contributed by atoms with Gasteiger partial charge in [0.2, 0.25) is 0 Å². The van der Waals surface area contributed by atoms with Gasteiger partial charge in [0.25, 0.3) is 5.91 Å². The Kier molecular flexibility index (Phi) is 4.12. The molecule has 0 aromatic heterocycles. The molecule has 0 aliphatic carbocycles. The number of nitrogens with zero attached hydrogens (tertiary/aromatic N) is 2. The molecule has 1 aliphatic rings.